The fourth-order valence-corrected chi connectivity index (χ4v) is 2.49. The van der Waals surface area contributed by atoms with Crippen LogP contribution < -0.4 is 0 Å². The molecule has 0 saturated heterocycles. The molecule has 2 rings (SSSR count). The number of hydrogen-bond acceptors (Lipinski definition) is 3. The predicted molar refractivity (Wildman–Crippen MR) is 64.0 cm³/mol. The minimum absolute atomic E-state index is 0.117. The van der Waals surface area contributed by atoms with Gasteiger partial charge in [-0.3, -0.25) is 9.59 Å². The number of carbonyl (C=O) groups excluding carboxylic acids is 2. The van der Waals surface area contributed by atoms with Crippen LogP contribution in [-0.2, 0) is 14.9 Å². The van der Waals surface area contributed by atoms with Crippen LogP contribution in [0.4, 0.5) is 0 Å². The molecule has 0 amide bonds. The molecule has 17 heavy (non-hydrogen) atoms. The van der Waals surface area contributed by atoms with Crippen molar-refractivity contribution in [3.63, 3.8) is 0 Å². The van der Waals surface area contributed by atoms with E-state index in [1.807, 2.05) is 32.0 Å². The van der Waals surface area contributed by atoms with Crippen molar-refractivity contribution in [2.75, 3.05) is 0 Å². The van der Waals surface area contributed by atoms with Crippen LogP contribution in [0.15, 0.2) is 24.3 Å². The first-order valence-electron chi connectivity index (χ1n) is 5.64. The van der Waals surface area contributed by atoms with E-state index in [2.05, 4.69) is 0 Å². The quantitative estimate of drug-likeness (QED) is 0.699. The number of ether oxygens (including phenoxy) is 1. The molecule has 3 nitrogen and oxygen atoms in total. The summed E-state index contributed by atoms with van der Waals surface area (Å²) in [5.74, 6) is -0.546. The summed E-state index contributed by atoms with van der Waals surface area (Å²) in [5, 5.41) is 0. The molecule has 1 aliphatic rings. The predicted octanol–water partition coefficient (Wildman–Crippen LogP) is 2.48. The minimum Gasteiger partial charge on any atom is -0.450 e. The fourth-order valence-electron chi connectivity index (χ4n) is 2.49. The molecule has 0 saturated carbocycles. The van der Waals surface area contributed by atoms with E-state index in [0.717, 1.165) is 5.56 Å². The number of rotatable bonds is 1. The summed E-state index contributed by atoms with van der Waals surface area (Å²) in [6, 6.07) is 7.43. The molecule has 1 unspecified atom stereocenters. The van der Waals surface area contributed by atoms with E-state index in [1.165, 1.54) is 6.92 Å². The number of fused-ring (bicyclic) bond motifs is 1. The van der Waals surface area contributed by atoms with Gasteiger partial charge in [-0.1, -0.05) is 38.1 Å². The molecule has 0 bridgehead atoms. The van der Waals surface area contributed by atoms with E-state index in [4.69, 9.17) is 4.74 Å². The summed E-state index contributed by atoms with van der Waals surface area (Å²) in [7, 11) is 0. The Kier molecular flexibility index (Phi) is 2.38. The first-order valence-corrected chi connectivity index (χ1v) is 5.64. The average Bonchev–Trinajstić information content (AvgIpc) is 2.39. The number of Topliss-reactive ketones (excluding diaryl/α,β-unsaturated/α-hetero) is 1. The highest BCUT2D eigenvalue weighted by atomic mass is 16.6. The summed E-state index contributed by atoms with van der Waals surface area (Å²) in [4.78, 5) is 23.6. The Morgan fingerprint density at radius 3 is 2.29 bits per heavy atom. The Hall–Kier alpha value is -1.64. The molecule has 3 heteroatoms. The van der Waals surface area contributed by atoms with Crippen molar-refractivity contribution in [3.8, 4) is 0 Å². The fraction of sp³-hybridized carbons (Fsp3) is 0.429. The summed E-state index contributed by atoms with van der Waals surface area (Å²) in [6.45, 7) is 6.88. The first-order chi connectivity index (χ1) is 7.80. The van der Waals surface area contributed by atoms with Gasteiger partial charge in [-0.2, -0.15) is 0 Å². The van der Waals surface area contributed by atoms with Crippen LogP contribution in [0, 0.1) is 0 Å². The van der Waals surface area contributed by atoms with E-state index in [1.54, 1.807) is 13.0 Å². The Morgan fingerprint density at radius 1 is 1.18 bits per heavy atom. The van der Waals surface area contributed by atoms with Gasteiger partial charge in [0.15, 0.2) is 5.60 Å². The lowest BCUT2D eigenvalue weighted by Gasteiger charge is -2.36. The van der Waals surface area contributed by atoms with Crippen LogP contribution in [0.2, 0.25) is 0 Å². The van der Waals surface area contributed by atoms with Gasteiger partial charge >= 0.3 is 5.97 Å². The maximum Gasteiger partial charge on any atom is 0.303 e. The molecule has 0 spiro atoms. The van der Waals surface area contributed by atoms with Gasteiger partial charge in [-0.05, 0) is 12.5 Å². The summed E-state index contributed by atoms with van der Waals surface area (Å²) in [5.41, 5.74) is -0.0236. The molecule has 0 radical (unpaired) electrons. The number of ketones is 1. The van der Waals surface area contributed by atoms with Gasteiger partial charge in [0.1, 0.15) is 0 Å². The van der Waals surface area contributed by atoms with Crippen molar-refractivity contribution < 1.29 is 14.3 Å². The second-order valence-electron chi connectivity index (χ2n) is 5.13. The van der Waals surface area contributed by atoms with Crippen LogP contribution in [0.1, 0.15) is 43.6 Å². The normalized spacial score (nSPS) is 25.5. The van der Waals surface area contributed by atoms with E-state index < -0.39 is 17.0 Å². The highest BCUT2D eigenvalue weighted by Crippen LogP contribution is 2.47. The lowest BCUT2D eigenvalue weighted by atomic mass is 9.75. The van der Waals surface area contributed by atoms with Gasteiger partial charge in [0, 0.05) is 17.9 Å². The van der Waals surface area contributed by atoms with Crippen molar-refractivity contribution in [2.24, 2.45) is 0 Å². The van der Waals surface area contributed by atoms with Gasteiger partial charge in [0.05, 0.1) is 0 Å². The summed E-state index contributed by atoms with van der Waals surface area (Å²) >= 11 is 0. The lowest BCUT2D eigenvalue weighted by molar-refractivity contribution is -0.155. The van der Waals surface area contributed by atoms with Gasteiger partial charge in [-0.25, -0.2) is 0 Å². The molecule has 0 aliphatic heterocycles. The third-order valence-corrected chi connectivity index (χ3v) is 3.82. The van der Waals surface area contributed by atoms with Crippen molar-refractivity contribution in [2.45, 2.75) is 38.7 Å². The van der Waals surface area contributed by atoms with Crippen molar-refractivity contribution >= 4 is 11.8 Å². The second kappa shape index (κ2) is 3.42. The zero-order valence-corrected chi connectivity index (χ0v) is 10.5. The maximum absolute atomic E-state index is 12.4. The van der Waals surface area contributed by atoms with E-state index in [-0.39, 0.29) is 5.78 Å². The van der Waals surface area contributed by atoms with Gasteiger partial charge < -0.3 is 4.74 Å². The molecule has 0 fully saturated rings. The van der Waals surface area contributed by atoms with Crippen molar-refractivity contribution in [3.05, 3.63) is 35.4 Å². The molecule has 1 aliphatic carbocycles. The third-order valence-electron chi connectivity index (χ3n) is 3.82. The molecule has 0 heterocycles. The standard InChI is InChI=1S/C14H16O3/c1-9(15)17-14(4)12(16)10-7-5-6-8-11(10)13(14,2)3/h5-8H,1-4H3. The second-order valence-corrected chi connectivity index (χ2v) is 5.13. The summed E-state index contributed by atoms with van der Waals surface area (Å²) < 4.78 is 5.32. The Labute approximate surface area is 101 Å². The van der Waals surface area contributed by atoms with Gasteiger partial charge in [0.2, 0.25) is 5.78 Å². The van der Waals surface area contributed by atoms with E-state index >= 15 is 0 Å². The highest BCUT2D eigenvalue weighted by molar-refractivity contribution is 6.09. The monoisotopic (exact) mass is 232 g/mol. The minimum atomic E-state index is -1.11. The molecular formula is C14H16O3. The molecule has 0 N–H and O–H groups in total. The Balaban J connectivity index is 2.61. The molecule has 1 aromatic rings. The highest BCUT2D eigenvalue weighted by Gasteiger charge is 2.57. The molecule has 1 aromatic carbocycles. The summed E-state index contributed by atoms with van der Waals surface area (Å²) in [6.07, 6.45) is 0. The lowest BCUT2D eigenvalue weighted by Crippen LogP contribution is -2.49. The first kappa shape index (κ1) is 11.8. The topological polar surface area (TPSA) is 43.4 Å². The molecule has 90 valence electrons. The third kappa shape index (κ3) is 1.42. The zero-order chi connectivity index (χ0) is 12.8. The number of benzene rings is 1. The van der Waals surface area contributed by atoms with Crippen LogP contribution >= 0.6 is 0 Å². The Morgan fingerprint density at radius 2 is 1.76 bits per heavy atom. The van der Waals surface area contributed by atoms with E-state index in [9.17, 15) is 9.59 Å². The zero-order valence-electron chi connectivity index (χ0n) is 10.5. The molecular weight excluding hydrogens is 216 g/mol. The van der Waals surface area contributed by atoms with Crippen LogP contribution in [0.5, 0.6) is 0 Å². The maximum atomic E-state index is 12.4. The molecule has 0 aromatic heterocycles. The average molecular weight is 232 g/mol. The largest absolute Gasteiger partial charge is 0.450 e. The smallest absolute Gasteiger partial charge is 0.303 e. The molecule has 1 atom stereocenters. The van der Waals surface area contributed by atoms with Crippen molar-refractivity contribution in [1.29, 1.82) is 0 Å². The number of esters is 1. The van der Waals surface area contributed by atoms with Gasteiger partial charge in [-0.15, -0.1) is 0 Å². The van der Waals surface area contributed by atoms with Crippen molar-refractivity contribution in [1.82, 2.24) is 0 Å². The SMILES string of the molecule is CC(=O)OC1(C)C(=O)c2ccccc2C1(C)C. The number of hydrogen-bond donors (Lipinski definition) is 0. The van der Waals surface area contributed by atoms with Crippen LogP contribution in [0.25, 0.3) is 0 Å². The Bertz CT molecular complexity index is 502. The number of carbonyl (C=O) groups is 2. The van der Waals surface area contributed by atoms with Gasteiger partial charge in [0.25, 0.3) is 0 Å². The van der Waals surface area contributed by atoms with E-state index in [0.29, 0.717) is 5.56 Å². The van der Waals surface area contributed by atoms with Crippen LogP contribution in [0.3, 0.4) is 0 Å². The van der Waals surface area contributed by atoms with Crippen LogP contribution in [-0.4, -0.2) is 17.4 Å².